The van der Waals surface area contributed by atoms with E-state index in [4.69, 9.17) is 0 Å². The van der Waals surface area contributed by atoms with E-state index in [9.17, 15) is 0 Å². The molecule has 0 bridgehead atoms. The molecule has 2 unspecified atom stereocenters. The summed E-state index contributed by atoms with van der Waals surface area (Å²) in [6, 6.07) is 4.96. The van der Waals surface area contributed by atoms with Crippen LogP contribution in [0.1, 0.15) is 13.8 Å². The second-order valence-electron chi connectivity index (χ2n) is 6.22. The molecule has 0 spiro atoms. The van der Waals surface area contributed by atoms with Gasteiger partial charge in [-0.1, -0.05) is 0 Å². The van der Waals surface area contributed by atoms with Gasteiger partial charge in [0.2, 0.25) is 0 Å². The normalized spacial score (nSPS) is 21.7. The molecule has 3 aromatic rings. The summed E-state index contributed by atoms with van der Waals surface area (Å²) in [4.78, 5) is 18.6. The van der Waals surface area contributed by atoms with E-state index < -0.39 is 0 Å². The molecular formula is C17H20N6. The summed E-state index contributed by atoms with van der Waals surface area (Å²) in [5.41, 5.74) is 4.10. The van der Waals surface area contributed by atoms with Crippen LogP contribution in [0.4, 0.5) is 5.69 Å². The molecule has 6 heteroatoms. The van der Waals surface area contributed by atoms with Crippen molar-refractivity contribution in [1.29, 1.82) is 0 Å². The summed E-state index contributed by atoms with van der Waals surface area (Å²) >= 11 is 0. The topological polar surface area (TPSA) is 69.7 Å². The Morgan fingerprint density at radius 1 is 1.09 bits per heavy atom. The van der Waals surface area contributed by atoms with Gasteiger partial charge in [-0.3, -0.25) is 0 Å². The van der Waals surface area contributed by atoms with E-state index >= 15 is 0 Å². The minimum atomic E-state index is 0.461. The van der Waals surface area contributed by atoms with Gasteiger partial charge in [0.05, 0.1) is 16.8 Å². The molecule has 1 saturated heterocycles. The molecule has 0 radical (unpaired) electrons. The molecule has 3 aromatic heterocycles. The maximum Gasteiger partial charge on any atom is 0.140 e. The van der Waals surface area contributed by atoms with Crippen LogP contribution in [0, 0.1) is 0 Å². The van der Waals surface area contributed by atoms with Gasteiger partial charge in [0.1, 0.15) is 12.0 Å². The van der Waals surface area contributed by atoms with Crippen LogP contribution in [-0.4, -0.2) is 45.1 Å². The second kappa shape index (κ2) is 5.62. The third-order valence-corrected chi connectivity index (χ3v) is 4.31. The van der Waals surface area contributed by atoms with Gasteiger partial charge in [0.15, 0.2) is 0 Å². The van der Waals surface area contributed by atoms with Crippen molar-refractivity contribution < 1.29 is 0 Å². The molecule has 2 atom stereocenters. The highest BCUT2D eigenvalue weighted by Gasteiger charge is 2.24. The van der Waals surface area contributed by atoms with Crippen molar-refractivity contribution in [2.24, 2.45) is 0 Å². The van der Waals surface area contributed by atoms with Crippen molar-refractivity contribution in [1.82, 2.24) is 25.3 Å². The van der Waals surface area contributed by atoms with Crippen molar-refractivity contribution in [3.05, 3.63) is 37.1 Å². The van der Waals surface area contributed by atoms with E-state index in [-0.39, 0.29) is 0 Å². The fourth-order valence-corrected chi connectivity index (χ4v) is 3.48. The number of rotatable bonds is 2. The quantitative estimate of drug-likeness (QED) is 0.759. The van der Waals surface area contributed by atoms with Gasteiger partial charge in [-0.05, 0) is 26.0 Å². The minimum absolute atomic E-state index is 0.461. The number of hydrogen-bond donors (Lipinski definition) is 2. The maximum atomic E-state index is 4.48. The van der Waals surface area contributed by atoms with Gasteiger partial charge < -0.3 is 15.2 Å². The number of aromatic nitrogens is 4. The third-order valence-electron chi connectivity index (χ3n) is 4.31. The predicted octanol–water partition coefficient (Wildman–Crippen LogP) is 2.21. The Kier molecular flexibility index (Phi) is 3.46. The third kappa shape index (κ3) is 2.55. The Morgan fingerprint density at radius 3 is 2.65 bits per heavy atom. The summed E-state index contributed by atoms with van der Waals surface area (Å²) < 4.78 is 0. The maximum absolute atomic E-state index is 4.48. The van der Waals surface area contributed by atoms with E-state index in [2.05, 4.69) is 50.1 Å². The van der Waals surface area contributed by atoms with Crippen molar-refractivity contribution in [2.45, 2.75) is 25.9 Å². The summed E-state index contributed by atoms with van der Waals surface area (Å²) in [6.07, 6.45) is 7.21. The lowest BCUT2D eigenvalue weighted by Crippen LogP contribution is -2.54. The van der Waals surface area contributed by atoms with E-state index in [1.54, 1.807) is 12.5 Å². The number of anilines is 1. The average molecular weight is 308 g/mol. The summed E-state index contributed by atoms with van der Waals surface area (Å²) in [5.74, 6) is 0. The molecule has 2 N–H and O–H groups in total. The highest BCUT2D eigenvalue weighted by Crippen LogP contribution is 2.34. The summed E-state index contributed by atoms with van der Waals surface area (Å²) in [6.45, 7) is 6.42. The van der Waals surface area contributed by atoms with Gasteiger partial charge in [-0.15, -0.1) is 0 Å². The van der Waals surface area contributed by atoms with Crippen molar-refractivity contribution in [3.8, 4) is 11.3 Å². The van der Waals surface area contributed by atoms with Gasteiger partial charge in [-0.2, -0.15) is 0 Å². The van der Waals surface area contributed by atoms with Crippen LogP contribution >= 0.6 is 0 Å². The van der Waals surface area contributed by atoms with Crippen molar-refractivity contribution in [3.63, 3.8) is 0 Å². The van der Waals surface area contributed by atoms with Crippen LogP contribution in [0.5, 0.6) is 0 Å². The number of hydrogen-bond acceptors (Lipinski definition) is 5. The number of piperazine rings is 1. The lowest BCUT2D eigenvalue weighted by atomic mass is 10.1. The lowest BCUT2D eigenvalue weighted by molar-refractivity contribution is 0.407. The smallest absolute Gasteiger partial charge is 0.140 e. The number of pyridine rings is 1. The average Bonchev–Trinajstić information content (AvgIpc) is 2.99. The Labute approximate surface area is 135 Å². The minimum Gasteiger partial charge on any atom is -0.368 e. The molecule has 0 amide bonds. The fourth-order valence-electron chi connectivity index (χ4n) is 3.48. The Hall–Kier alpha value is -2.47. The Morgan fingerprint density at radius 2 is 1.91 bits per heavy atom. The zero-order valence-electron chi connectivity index (χ0n) is 13.3. The molecule has 118 valence electrons. The molecule has 1 aliphatic heterocycles. The largest absolute Gasteiger partial charge is 0.368 e. The van der Waals surface area contributed by atoms with Crippen LogP contribution in [0.3, 0.4) is 0 Å². The molecule has 1 fully saturated rings. The monoisotopic (exact) mass is 308 g/mol. The highest BCUT2D eigenvalue weighted by molar-refractivity contribution is 6.01. The SMILES string of the molecule is CC1CN(c2ccnc3[nH]cc(-c4ccncn4)c23)CC(C)N1. The van der Waals surface area contributed by atoms with E-state index in [1.165, 1.54) is 5.69 Å². The van der Waals surface area contributed by atoms with Crippen molar-refractivity contribution >= 4 is 16.7 Å². The number of nitrogens with zero attached hydrogens (tertiary/aromatic N) is 4. The van der Waals surface area contributed by atoms with Gasteiger partial charge in [-0.25, -0.2) is 15.0 Å². The molecule has 0 aliphatic carbocycles. The number of fused-ring (bicyclic) bond motifs is 1. The molecular weight excluding hydrogens is 288 g/mol. The molecule has 1 aliphatic rings. The zero-order chi connectivity index (χ0) is 15.8. The Bertz CT molecular complexity index is 802. The highest BCUT2D eigenvalue weighted by atomic mass is 15.2. The first-order chi connectivity index (χ1) is 11.2. The lowest BCUT2D eigenvalue weighted by Gasteiger charge is -2.38. The Balaban J connectivity index is 1.85. The van der Waals surface area contributed by atoms with Crippen LogP contribution in [-0.2, 0) is 0 Å². The van der Waals surface area contributed by atoms with E-state index in [0.29, 0.717) is 12.1 Å². The first kappa shape index (κ1) is 14.1. The van der Waals surface area contributed by atoms with Crippen molar-refractivity contribution in [2.75, 3.05) is 18.0 Å². The zero-order valence-corrected chi connectivity index (χ0v) is 13.3. The molecule has 4 heterocycles. The number of aromatic amines is 1. The van der Waals surface area contributed by atoms with Gasteiger partial charge >= 0.3 is 0 Å². The van der Waals surface area contributed by atoms with E-state index in [1.807, 2.05) is 18.5 Å². The van der Waals surface area contributed by atoms with Crippen LogP contribution in [0.25, 0.3) is 22.3 Å². The molecule has 0 saturated carbocycles. The fraction of sp³-hybridized carbons (Fsp3) is 0.353. The van der Waals surface area contributed by atoms with Crippen LogP contribution in [0.15, 0.2) is 37.1 Å². The van der Waals surface area contributed by atoms with Gasteiger partial charge in [0, 0.05) is 49.3 Å². The van der Waals surface area contributed by atoms with Crippen LogP contribution in [0.2, 0.25) is 0 Å². The molecule has 0 aromatic carbocycles. The predicted molar refractivity (Wildman–Crippen MR) is 91.4 cm³/mol. The standard InChI is InChI=1S/C17H20N6/c1-11-8-23(9-12(2)22-11)15-4-6-19-17-16(15)13(7-20-17)14-3-5-18-10-21-14/h3-7,10-12,22H,8-9H2,1-2H3,(H,19,20). The summed E-state index contributed by atoms with van der Waals surface area (Å²) in [7, 11) is 0. The molecule has 4 rings (SSSR count). The first-order valence-electron chi connectivity index (χ1n) is 7.96. The number of nitrogens with one attached hydrogen (secondary N) is 2. The first-order valence-corrected chi connectivity index (χ1v) is 7.96. The number of H-pyrrole nitrogens is 1. The van der Waals surface area contributed by atoms with Gasteiger partial charge in [0.25, 0.3) is 0 Å². The second-order valence-corrected chi connectivity index (χ2v) is 6.22. The van der Waals surface area contributed by atoms with E-state index in [0.717, 1.165) is 35.4 Å². The summed E-state index contributed by atoms with van der Waals surface area (Å²) in [5, 5.41) is 4.71. The molecule has 23 heavy (non-hydrogen) atoms. The van der Waals surface area contributed by atoms with Crippen LogP contribution < -0.4 is 10.2 Å². The molecule has 6 nitrogen and oxygen atoms in total.